The van der Waals surface area contributed by atoms with Crippen molar-refractivity contribution in [1.29, 1.82) is 0 Å². The van der Waals surface area contributed by atoms with E-state index in [4.69, 9.17) is 10.2 Å². The molecule has 0 aromatic carbocycles. The number of hydrogen-bond donors (Lipinski definition) is 2. The number of likely N-dealkylation sites (N-methyl/N-ethyl adjacent to an activating group) is 1. The maximum atomic E-state index is 9.06. The Morgan fingerprint density at radius 1 is 1.33 bits per heavy atom. The zero-order valence-corrected chi connectivity index (χ0v) is 7.61. The van der Waals surface area contributed by atoms with Gasteiger partial charge in [0.15, 0.2) is 0 Å². The summed E-state index contributed by atoms with van der Waals surface area (Å²) in [5, 5.41) is 17.8. The highest BCUT2D eigenvalue weighted by Crippen LogP contribution is 2.06. The molecule has 0 amide bonds. The normalized spacial score (nSPS) is 27.8. The highest BCUT2D eigenvalue weighted by Gasteiger charge is 2.23. The maximum Gasteiger partial charge on any atom is 0.0599 e. The summed E-state index contributed by atoms with van der Waals surface area (Å²) in [6.45, 7) is 3.92. The van der Waals surface area contributed by atoms with E-state index in [9.17, 15) is 0 Å². The van der Waals surface area contributed by atoms with E-state index >= 15 is 0 Å². The van der Waals surface area contributed by atoms with Crippen LogP contribution in [0.2, 0.25) is 0 Å². The van der Waals surface area contributed by atoms with Crippen molar-refractivity contribution in [2.45, 2.75) is 6.04 Å². The van der Waals surface area contributed by atoms with E-state index < -0.39 is 0 Å². The van der Waals surface area contributed by atoms with E-state index in [0.29, 0.717) is 6.54 Å². The molecule has 1 heterocycles. The van der Waals surface area contributed by atoms with Crippen LogP contribution in [0.3, 0.4) is 0 Å². The molecule has 1 aliphatic heterocycles. The van der Waals surface area contributed by atoms with Crippen LogP contribution in [-0.4, -0.2) is 72.5 Å². The first kappa shape index (κ1) is 9.92. The van der Waals surface area contributed by atoms with Gasteiger partial charge in [-0.25, -0.2) is 0 Å². The van der Waals surface area contributed by atoms with Crippen LogP contribution < -0.4 is 0 Å². The summed E-state index contributed by atoms with van der Waals surface area (Å²) in [7, 11) is 2.05. The first-order valence-electron chi connectivity index (χ1n) is 4.42. The standard InChI is InChI=1S/C8H18N2O2/c1-9-2-3-10(4-5-11)8(6-9)7-12/h8,11-12H,2-7H2,1H3. The lowest BCUT2D eigenvalue weighted by atomic mass is 10.2. The van der Waals surface area contributed by atoms with Crippen LogP contribution in [0.15, 0.2) is 0 Å². The molecular weight excluding hydrogens is 156 g/mol. The van der Waals surface area contributed by atoms with Gasteiger partial charge in [0.2, 0.25) is 0 Å². The average molecular weight is 174 g/mol. The second-order valence-electron chi connectivity index (χ2n) is 3.36. The van der Waals surface area contributed by atoms with Crippen LogP contribution in [0, 0.1) is 0 Å². The first-order valence-corrected chi connectivity index (χ1v) is 4.42. The minimum absolute atomic E-state index is 0.181. The molecule has 0 spiro atoms. The third kappa shape index (κ3) is 2.42. The fourth-order valence-electron chi connectivity index (χ4n) is 1.64. The third-order valence-electron chi connectivity index (χ3n) is 2.41. The lowest BCUT2D eigenvalue weighted by Crippen LogP contribution is -2.54. The van der Waals surface area contributed by atoms with Gasteiger partial charge in [-0.2, -0.15) is 0 Å². The predicted molar refractivity (Wildman–Crippen MR) is 47.0 cm³/mol. The molecule has 12 heavy (non-hydrogen) atoms. The fraction of sp³-hybridized carbons (Fsp3) is 1.00. The number of nitrogens with zero attached hydrogens (tertiary/aromatic N) is 2. The van der Waals surface area contributed by atoms with Crippen molar-refractivity contribution in [3.63, 3.8) is 0 Å². The third-order valence-corrected chi connectivity index (χ3v) is 2.41. The molecule has 1 rings (SSSR count). The summed E-state index contributed by atoms with van der Waals surface area (Å²) in [5.74, 6) is 0. The fourth-order valence-corrected chi connectivity index (χ4v) is 1.64. The summed E-state index contributed by atoms with van der Waals surface area (Å²) >= 11 is 0. The van der Waals surface area contributed by atoms with Crippen molar-refractivity contribution >= 4 is 0 Å². The van der Waals surface area contributed by atoms with Gasteiger partial charge in [-0.15, -0.1) is 0 Å². The van der Waals surface area contributed by atoms with Crippen molar-refractivity contribution in [3.05, 3.63) is 0 Å². The molecule has 0 saturated carbocycles. The molecule has 2 N–H and O–H groups in total. The monoisotopic (exact) mass is 174 g/mol. The van der Waals surface area contributed by atoms with E-state index in [1.54, 1.807) is 0 Å². The summed E-state index contributed by atoms with van der Waals surface area (Å²) < 4.78 is 0. The predicted octanol–water partition coefficient (Wildman–Crippen LogP) is -1.41. The zero-order valence-electron chi connectivity index (χ0n) is 7.61. The topological polar surface area (TPSA) is 46.9 Å². The van der Waals surface area contributed by atoms with E-state index in [2.05, 4.69) is 16.8 Å². The van der Waals surface area contributed by atoms with Gasteiger partial charge in [-0.3, -0.25) is 4.90 Å². The molecule has 1 atom stereocenters. The minimum atomic E-state index is 0.181. The molecule has 4 heteroatoms. The number of hydrogen-bond acceptors (Lipinski definition) is 4. The van der Waals surface area contributed by atoms with Crippen molar-refractivity contribution in [2.24, 2.45) is 0 Å². The Morgan fingerprint density at radius 2 is 2.08 bits per heavy atom. The molecule has 1 aliphatic rings. The average Bonchev–Trinajstić information content (AvgIpc) is 2.08. The van der Waals surface area contributed by atoms with Gasteiger partial charge in [0.05, 0.1) is 13.2 Å². The van der Waals surface area contributed by atoms with Crippen LogP contribution in [0.4, 0.5) is 0 Å². The highest BCUT2D eigenvalue weighted by molar-refractivity contribution is 4.79. The molecular formula is C8H18N2O2. The molecule has 1 unspecified atom stereocenters. The molecule has 1 saturated heterocycles. The van der Waals surface area contributed by atoms with E-state index in [1.165, 1.54) is 0 Å². The van der Waals surface area contributed by atoms with Crippen LogP contribution in [0.1, 0.15) is 0 Å². The van der Waals surface area contributed by atoms with E-state index in [1.807, 2.05) is 0 Å². The van der Waals surface area contributed by atoms with Crippen molar-refractivity contribution in [1.82, 2.24) is 9.80 Å². The van der Waals surface area contributed by atoms with Gasteiger partial charge in [-0.1, -0.05) is 0 Å². The van der Waals surface area contributed by atoms with Gasteiger partial charge in [-0.05, 0) is 7.05 Å². The van der Waals surface area contributed by atoms with Crippen molar-refractivity contribution < 1.29 is 10.2 Å². The Balaban J connectivity index is 2.39. The van der Waals surface area contributed by atoms with Crippen LogP contribution >= 0.6 is 0 Å². The molecule has 0 aromatic heterocycles. The molecule has 0 radical (unpaired) electrons. The van der Waals surface area contributed by atoms with Gasteiger partial charge in [0.1, 0.15) is 0 Å². The summed E-state index contributed by atoms with van der Waals surface area (Å²) in [6.07, 6.45) is 0. The largest absolute Gasteiger partial charge is 0.395 e. The van der Waals surface area contributed by atoms with E-state index in [-0.39, 0.29) is 19.3 Å². The Hall–Kier alpha value is -0.160. The number of β-amino-alcohol motifs (C(OH)–C–C–N with tert-alkyl or cyclic N) is 1. The summed E-state index contributed by atoms with van der Waals surface area (Å²) in [4.78, 5) is 4.34. The second kappa shape index (κ2) is 4.77. The zero-order chi connectivity index (χ0) is 8.97. The first-order chi connectivity index (χ1) is 5.77. The smallest absolute Gasteiger partial charge is 0.0599 e. The quantitative estimate of drug-likeness (QED) is 0.552. The molecule has 4 nitrogen and oxygen atoms in total. The molecule has 72 valence electrons. The molecule has 0 aliphatic carbocycles. The number of aliphatic hydroxyl groups excluding tert-OH is 2. The minimum Gasteiger partial charge on any atom is -0.395 e. The Morgan fingerprint density at radius 3 is 2.67 bits per heavy atom. The van der Waals surface area contributed by atoms with Gasteiger partial charge in [0.25, 0.3) is 0 Å². The SMILES string of the molecule is CN1CCN(CCO)C(CO)C1. The number of aliphatic hydroxyl groups is 2. The van der Waals surface area contributed by atoms with Crippen LogP contribution in [0.25, 0.3) is 0 Å². The van der Waals surface area contributed by atoms with Gasteiger partial charge < -0.3 is 15.1 Å². The summed E-state index contributed by atoms with van der Waals surface area (Å²) in [5.41, 5.74) is 0. The Labute approximate surface area is 73.4 Å². The van der Waals surface area contributed by atoms with Crippen LogP contribution in [-0.2, 0) is 0 Å². The molecule has 1 fully saturated rings. The Bertz CT molecular complexity index is 132. The van der Waals surface area contributed by atoms with Gasteiger partial charge in [0, 0.05) is 32.2 Å². The lowest BCUT2D eigenvalue weighted by molar-refractivity contribution is 0.0399. The molecule has 0 aromatic rings. The maximum absolute atomic E-state index is 9.06. The Kier molecular flexibility index (Phi) is 3.94. The summed E-state index contributed by atoms with van der Waals surface area (Å²) in [6, 6.07) is 0.205. The van der Waals surface area contributed by atoms with Gasteiger partial charge >= 0.3 is 0 Å². The van der Waals surface area contributed by atoms with Crippen molar-refractivity contribution in [3.8, 4) is 0 Å². The number of rotatable bonds is 3. The highest BCUT2D eigenvalue weighted by atomic mass is 16.3. The molecule has 0 bridgehead atoms. The van der Waals surface area contributed by atoms with Crippen molar-refractivity contribution in [2.75, 3.05) is 46.4 Å². The number of piperazine rings is 1. The second-order valence-corrected chi connectivity index (χ2v) is 3.36. The van der Waals surface area contributed by atoms with E-state index in [0.717, 1.165) is 19.6 Å². The van der Waals surface area contributed by atoms with Crippen LogP contribution in [0.5, 0.6) is 0 Å². The lowest BCUT2D eigenvalue weighted by Gasteiger charge is -2.38.